The van der Waals surface area contributed by atoms with Gasteiger partial charge in [0.15, 0.2) is 11.5 Å². The highest BCUT2D eigenvalue weighted by Gasteiger charge is 2.47. The van der Waals surface area contributed by atoms with E-state index in [1.54, 1.807) is 20.3 Å². The van der Waals surface area contributed by atoms with Crippen LogP contribution in [0.4, 0.5) is 4.39 Å². The summed E-state index contributed by atoms with van der Waals surface area (Å²) in [4.78, 5) is 15.0. The zero-order valence-corrected chi connectivity index (χ0v) is 23.8. The van der Waals surface area contributed by atoms with Crippen molar-refractivity contribution >= 4 is 5.97 Å². The van der Waals surface area contributed by atoms with Crippen molar-refractivity contribution in [3.8, 4) is 11.5 Å². The summed E-state index contributed by atoms with van der Waals surface area (Å²) >= 11 is 0. The van der Waals surface area contributed by atoms with Gasteiger partial charge in [-0.05, 0) is 92.6 Å². The van der Waals surface area contributed by atoms with Crippen molar-refractivity contribution in [3.05, 3.63) is 58.9 Å². The molecule has 210 valence electrons. The molecule has 0 radical (unpaired) electrons. The number of fused-ring (bicyclic) bond motifs is 1. The molecule has 0 unspecified atom stereocenters. The molecular weight excluding hydrogens is 485 g/mol. The molecule has 0 saturated carbocycles. The van der Waals surface area contributed by atoms with Crippen molar-refractivity contribution in [1.29, 1.82) is 0 Å². The lowest BCUT2D eigenvalue weighted by Crippen LogP contribution is -2.49. The number of carbonyl (C=O) groups is 1. The summed E-state index contributed by atoms with van der Waals surface area (Å²) in [5.41, 5.74) is 2.69. The molecule has 0 heterocycles. The number of carbonyl (C=O) groups excluding carboxylic acids is 1. The predicted molar refractivity (Wildman–Crippen MR) is 148 cm³/mol. The molecule has 0 N–H and O–H groups in total. The molecule has 7 heteroatoms. The van der Waals surface area contributed by atoms with Gasteiger partial charge in [-0.3, -0.25) is 0 Å². The Morgan fingerprint density at radius 3 is 2.50 bits per heavy atom. The first-order chi connectivity index (χ1) is 18.2. The van der Waals surface area contributed by atoms with E-state index in [9.17, 15) is 9.18 Å². The Bertz CT molecular complexity index is 1060. The van der Waals surface area contributed by atoms with Crippen molar-refractivity contribution in [2.24, 2.45) is 5.92 Å². The van der Waals surface area contributed by atoms with Gasteiger partial charge in [-0.1, -0.05) is 26.0 Å². The summed E-state index contributed by atoms with van der Waals surface area (Å²) < 4.78 is 36.1. The minimum Gasteiger partial charge on any atom is -0.493 e. The Labute approximate surface area is 227 Å². The van der Waals surface area contributed by atoms with Crippen molar-refractivity contribution in [2.45, 2.75) is 63.9 Å². The molecule has 0 fully saturated rings. The van der Waals surface area contributed by atoms with Crippen LogP contribution >= 0.6 is 0 Å². The molecule has 1 aliphatic rings. The zero-order chi connectivity index (χ0) is 27.7. The molecule has 38 heavy (non-hydrogen) atoms. The molecule has 0 bridgehead atoms. The maximum Gasteiger partial charge on any atom is 0.332 e. The van der Waals surface area contributed by atoms with Crippen LogP contribution < -0.4 is 9.47 Å². The van der Waals surface area contributed by atoms with Gasteiger partial charge in [-0.25, -0.2) is 9.18 Å². The summed E-state index contributed by atoms with van der Waals surface area (Å²) in [6.45, 7) is 5.98. The highest BCUT2D eigenvalue weighted by molar-refractivity contribution is 5.71. The summed E-state index contributed by atoms with van der Waals surface area (Å²) in [6, 6.07) is 11.1. The third-order valence-corrected chi connectivity index (χ3v) is 7.69. The second-order valence-electron chi connectivity index (χ2n) is 10.7. The first-order valence-electron chi connectivity index (χ1n) is 13.6. The number of unbranched alkanes of at least 4 members (excludes halogenated alkanes) is 1. The smallest absolute Gasteiger partial charge is 0.332 e. The molecule has 2 aromatic rings. The fraction of sp³-hybridized carbons (Fsp3) is 0.581. The van der Waals surface area contributed by atoms with Crippen LogP contribution in [0.5, 0.6) is 11.5 Å². The fourth-order valence-corrected chi connectivity index (χ4v) is 5.90. The maximum absolute atomic E-state index is 14.0. The van der Waals surface area contributed by atoms with Gasteiger partial charge < -0.3 is 23.8 Å². The minimum atomic E-state index is -0.650. The van der Waals surface area contributed by atoms with Gasteiger partial charge in [0.2, 0.25) is 0 Å². The number of methoxy groups -OCH3 is 3. The van der Waals surface area contributed by atoms with Crippen LogP contribution in [-0.2, 0) is 27.1 Å². The zero-order valence-electron chi connectivity index (χ0n) is 23.8. The van der Waals surface area contributed by atoms with E-state index >= 15 is 0 Å². The van der Waals surface area contributed by atoms with Crippen LogP contribution in [0.2, 0.25) is 0 Å². The Balaban J connectivity index is 1.64. The quantitative estimate of drug-likeness (QED) is 0.228. The molecule has 0 saturated heterocycles. The highest BCUT2D eigenvalue weighted by Crippen LogP contribution is 2.48. The van der Waals surface area contributed by atoms with E-state index in [2.05, 4.69) is 31.9 Å². The van der Waals surface area contributed by atoms with Gasteiger partial charge in [0, 0.05) is 26.0 Å². The van der Waals surface area contributed by atoms with E-state index in [1.165, 1.54) is 18.7 Å². The molecule has 1 aliphatic carbocycles. The Kier molecular flexibility index (Phi) is 11.0. The van der Waals surface area contributed by atoms with Gasteiger partial charge in [0.25, 0.3) is 0 Å². The number of hydrogen-bond donors (Lipinski definition) is 0. The minimum absolute atomic E-state index is 0.00823. The fourth-order valence-electron chi connectivity index (χ4n) is 5.90. The van der Waals surface area contributed by atoms with Crippen molar-refractivity contribution in [2.75, 3.05) is 48.1 Å². The second kappa shape index (κ2) is 13.9. The molecule has 0 aliphatic heterocycles. The molecule has 6 nitrogen and oxygen atoms in total. The lowest BCUT2D eigenvalue weighted by atomic mass is 9.65. The van der Waals surface area contributed by atoms with Crippen LogP contribution in [0.3, 0.4) is 0 Å². The molecule has 0 spiro atoms. The van der Waals surface area contributed by atoms with E-state index < -0.39 is 5.60 Å². The van der Waals surface area contributed by atoms with Crippen LogP contribution in [0.1, 0.15) is 62.1 Å². The molecule has 0 amide bonds. The van der Waals surface area contributed by atoms with E-state index in [1.807, 2.05) is 18.2 Å². The van der Waals surface area contributed by atoms with Crippen LogP contribution in [-0.4, -0.2) is 64.5 Å². The number of esters is 1. The largest absolute Gasteiger partial charge is 0.493 e. The molecule has 0 aromatic heterocycles. The Morgan fingerprint density at radius 2 is 1.82 bits per heavy atom. The van der Waals surface area contributed by atoms with E-state index in [4.69, 9.17) is 18.9 Å². The number of rotatable bonds is 14. The number of halogens is 1. The first-order valence-corrected chi connectivity index (χ1v) is 13.6. The van der Waals surface area contributed by atoms with E-state index in [0.29, 0.717) is 19.3 Å². The predicted octanol–water partition coefficient (Wildman–Crippen LogP) is 5.80. The first kappa shape index (κ1) is 29.9. The number of hydrogen-bond acceptors (Lipinski definition) is 6. The summed E-state index contributed by atoms with van der Waals surface area (Å²) in [6.07, 6.45) is 5.16. The lowest BCUT2D eigenvalue weighted by Gasteiger charge is -2.47. The Morgan fingerprint density at radius 1 is 1.05 bits per heavy atom. The SMILES string of the molecule is COCC(=O)O[C@@]1(CCN(C)CCCCc2ccc(OC)c(OC)c2)CCc2cc(F)ccc2[C@H]1C(C)C. The number of benzene rings is 2. The number of aryl methyl sites for hydroxylation is 2. The number of ether oxygens (including phenoxy) is 4. The third-order valence-electron chi connectivity index (χ3n) is 7.69. The Hall–Kier alpha value is -2.64. The summed E-state index contributed by atoms with van der Waals surface area (Å²) in [7, 11) is 6.93. The van der Waals surface area contributed by atoms with Gasteiger partial charge in [0.1, 0.15) is 18.0 Å². The van der Waals surface area contributed by atoms with Crippen LogP contribution in [0.25, 0.3) is 0 Å². The average Bonchev–Trinajstić information content (AvgIpc) is 2.89. The van der Waals surface area contributed by atoms with Gasteiger partial charge >= 0.3 is 5.97 Å². The van der Waals surface area contributed by atoms with Crippen molar-refractivity contribution in [1.82, 2.24) is 4.90 Å². The average molecular weight is 530 g/mol. The monoisotopic (exact) mass is 529 g/mol. The van der Waals surface area contributed by atoms with Gasteiger partial charge in [-0.15, -0.1) is 0 Å². The standard InChI is InChI=1S/C31H44FNO5/c1-22(2)30-26-12-11-25(32)20-24(26)14-15-31(30,38-29(34)21-35-4)16-18-33(3)17-8-7-9-23-10-13-27(36-5)28(19-23)37-6/h10-13,19-20,22,30H,7-9,14-18,21H2,1-6H3/t30-,31-/m1/s1. The number of nitrogens with zero attached hydrogens (tertiary/aromatic N) is 1. The summed E-state index contributed by atoms with van der Waals surface area (Å²) in [5, 5.41) is 0. The maximum atomic E-state index is 14.0. The van der Waals surface area contributed by atoms with Crippen LogP contribution in [0, 0.1) is 11.7 Å². The van der Waals surface area contributed by atoms with E-state index in [0.717, 1.165) is 55.0 Å². The highest BCUT2D eigenvalue weighted by atomic mass is 19.1. The van der Waals surface area contributed by atoms with Crippen LogP contribution in [0.15, 0.2) is 36.4 Å². The molecule has 3 rings (SSSR count). The van der Waals surface area contributed by atoms with Crippen molar-refractivity contribution < 1.29 is 28.1 Å². The summed E-state index contributed by atoms with van der Waals surface area (Å²) in [5.74, 6) is 1.15. The van der Waals surface area contributed by atoms with Crippen molar-refractivity contribution in [3.63, 3.8) is 0 Å². The molecular formula is C31H44FNO5. The lowest BCUT2D eigenvalue weighted by molar-refractivity contribution is -0.172. The second-order valence-corrected chi connectivity index (χ2v) is 10.7. The molecule has 2 atom stereocenters. The van der Waals surface area contributed by atoms with E-state index in [-0.39, 0.29) is 30.2 Å². The van der Waals surface area contributed by atoms with Gasteiger partial charge in [-0.2, -0.15) is 0 Å². The third kappa shape index (κ3) is 7.48. The topological polar surface area (TPSA) is 57.2 Å². The normalized spacial score (nSPS) is 18.9. The van der Waals surface area contributed by atoms with Gasteiger partial charge in [0.05, 0.1) is 14.2 Å². The molecule has 2 aromatic carbocycles.